The first-order valence-electron chi connectivity index (χ1n) is 7.93. The van der Waals surface area contributed by atoms with Gasteiger partial charge in [0, 0.05) is 0 Å². The average Bonchev–Trinajstić information content (AvgIpc) is 2.55. The minimum atomic E-state index is -0.924. The largest absolute Gasteiger partial charge is 0.497 e. The minimum Gasteiger partial charge on any atom is -0.497 e. The van der Waals surface area contributed by atoms with Crippen LogP contribution in [0.15, 0.2) is 24.3 Å². The molecule has 0 fully saturated rings. The van der Waals surface area contributed by atoms with E-state index < -0.39 is 17.9 Å². The molecule has 0 saturated carbocycles. The van der Waals surface area contributed by atoms with Crippen LogP contribution >= 0.6 is 0 Å². The summed E-state index contributed by atoms with van der Waals surface area (Å²) in [4.78, 5) is 24.4. The number of benzene rings is 1. The molecule has 23 heavy (non-hydrogen) atoms. The molecule has 0 aliphatic rings. The van der Waals surface area contributed by atoms with Crippen LogP contribution in [0.1, 0.15) is 39.2 Å². The lowest BCUT2D eigenvalue weighted by molar-refractivity contribution is -0.164. The van der Waals surface area contributed by atoms with Crippen molar-refractivity contribution in [3.05, 3.63) is 29.8 Å². The van der Waals surface area contributed by atoms with Gasteiger partial charge in [0.1, 0.15) is 5.75 Å². The number of ether oxygens (including phenoxy) is 3. The van der Waals surface area contributed by atoms with Gasteiger partial charge in [0.2, 0.25) is 0 Å². The van der Waals surface area contributed by atoms with Crippen molar-refractivity contribution in [2.75, 3.05) is 20.3 Å². The third kappa shape index (κ3) is 4.98. The summed E-state index contributed by atoms with van der Waals surface area (Å²) in [6.07, 6.45) is 0. The second-order valence-electron chi connectivity index (χ2n) is 5.40. The van der Waals surface area contributed by atoms with Crippen molar-refractivity contribution in [2.24, 2.45) is 11.8 Å². The quantitative estimate of drug-likeness (QED) is 0.543. The number of carbonyl (C=O) groups excluding carboxylic acids is 2. The highest BCUT2D eigenvalue weighted by Gasteiger charge is 2.37. The highest BCUT2D eigenvalue weighted by molar-refractivity contribution is 5.95. The summed E-state index contributed by atoms with van der Waals surface area (Å²) in [7, 11) is 1.61. The highest BCUT2D eigenvalue weighted by atomic mass is 16.6. The van der Waals surface area contributed by atoms with Gasteiger partial charge in [0.15, 0.2) is 5.92 Å². The fraction of sp³-hybridized carbons (Fsp3) is 0.556. The van der Waals surface area contributed by atoms with E-state index >= 15 is 0 Å². The van der Waals surface area contributed by atoms with Crippen LogP contribution in [0.2, 0.25) is 0 Å². The zero-order valence-electron chi connectivity index (χ0n) is 14.5. The Kier molecular flexibility index (Phi) is 7.59. The van der Waals surface area contributed by atoms with Crippen molar-refractivity contribution in [2.45, 2.75) is 33.6 Å². The summed E-state index contributed by atoms with van der Waals surface area (Å²) < 4.78 is 15.3. The Balaban J connectivity index is 2.98. The van der Waals surface area contributed by atoms with Gasteiger partial charge in [0.25, 0.3) is 0 Å². The Labute approximate surface area is 137 Å². The van der Waals surface area contributed by atoms with E-state index in [-0.39, 0.29) is 25.0 Å². The van der Waals surface area contributed by atoms with E-state index in [0.717, 1.165) is 11.3 Å². The molecule has 0 aromatic heterocycles. The molecule has 5 heteroatoms. The second-order valence-corrected chi connectivity index (χ2v) is 5.40. The summed E-state index contributed by atoms with van der Waals surface area (Å²) in [5, 5.41) is 0. The van der Waals surface area contributed by atoms with Crippen molar-refractivity contribution < 1.29 is 23.8 Å². The molecule has 2 atom stereocenters. The molecular weight excluding hydrogens is 296 g/mol. The van der Waals surface area contributed by atoms with Crippen molar-refractivity contribution >= 4 is 11.9 Å². The average molecular weight is 322 g/mol. The first-order valence-corrected chi connectivity index (χ1v) is 7.93. The van der Waals surface area contributed by atoms with E-state index in [1.54, 1.807) is 21.0 Å². The molecule has 0 aliphatic heterocycles. The summed E-state index contributed by atoms with van der Waals surface area (Å²) >= 11 is 0. The lowest BCUT2D eigenvalue weighted by Crippen LogP contribution is -2.35. The number of methoxy groups -OCH3 is 1. The topological polar surface area (TPSA) is 61.8 Å². The van der Waals surface area contributed by atoms with Crippen LogP contribution in [-0.2, 0) is 19.1 Å². The molecule has 0 N–H and O–H groups in total. The van der Waals surface area contributed by atoms with Gasteiger partial charge in [-0.2, -0.15) is 0 Å². The van der Waals surface area contributed by atoms with Crippen molar-refractivity contribution in [3.8, 4) is 5.75 Å². The van der Waals surface area contributed by atoms with Gasteiger partial charge in [-0.05, 0) is 43.4 Å². The maximum Gasteiger partial charge on any atom is 0.320 e. The van der Waals surface area contributed by atoms with Crippen LogP contribution in [0.5, 0.6) is 5.75 Å². The normalized spacial score (nSPS) is 13.3. The highest BCUT2D eigenvalue weighted by Crippen LogP contribution is 2.32. The second kappa shape index (κ2) is 9.18. The lowest BCUT2D eigenvalue weighted by Gasteiger charge is -2.26. The molecule has 1 aromatic carbocycles. The molecule has 1 aromatic rings. The fourth-order valence-electron chi connectivity index (χ4n) is 2.49. The van der Waals surface area contributed by atoms with E-state index in [1.165, 1.54) is 0 Å². The third-order valence-corrected chi connectivity index (χ3v) is 4.04. The number of carbonyl (C=O) groups is 2. The van der Waals surface area contributed by atoms with E-state index in [2.05, 4.69) is 0 Å². The monoisotopic (exact) mass is 322 g/mol. The Morgan fingerprint density at radius 2 is 1.43 bits per heavy atom. The van der Waals surface area contributed by atoms with Crippen LogP contribution in [-0.4, -0.2) is 32.3 Å². The van der Waals surface area contributed by atoms with Crippen LogP contribution in [0.3, 0.4) is 0 Å². The molecule has 0 spiro atoms. The van der Waals surface area contributed by atoms with Gasteiger partial charge in [-0.3, -0.25) is 9.59 Å². The molecule has 0 bridgehead atoms. The SMILES string of the molecule is CCOC(=O)C(C(=O)OCC)[C@@H](C)[C@H](C)c1ccc(OC)cc1. The molecule has 0 aliphatic carbocycles. The predicted molar refractivity (Wildman–Crippen MR) is 87.3 cm³/mol. The van der Waals surface area contributed by atoms with E-state index in [9.17, 15) is 9.59 Å². The lowest BCUT2D eigenvalue weighted by atomic mass is 9.80. The molecule has 0 saturated heterocycles. The van der Waals surface area contributed by atoms with Crippen LogP contribution in [0.25, 0.3) is 0 Å². The molecule has 1 rings (SSSR count). The molecule has 0 heterocycles. The van der Waals surface area contributed by atoms with Crippen LogP contribution in [0.4, 0.5) is 0 Å². The minimum absolute atomic E-state index is 0.0141. The van der Waals surface area contributed by atoms with E-state index in [0.29, 0.717) is 0 Å². The first-order chi connectivity index (χ1) is 11.0. The Morgan fingerprint density at radius 1 is 0.957 bits per heavy atom. The van der Waals surface area contributed by atoms with Gasteiger partial charge in [-0.25, -0.2) is 0 Å². The van der Waals surface area contributed by atoms with Gasteiger partial charge in [-0.1, -0.05) is 26.0 Å². The number of hydrogen-bond donors (Lipinski definition) is 0. The van der Waals surface area contributed by atoms with Gasteiger partial charge in [0.05, 0.1) is 20.3 Å². The van der Waals surface area contributed by atoms with Crippen molar-refractivity contribution in [3.63, 3.8) is 0 Å². The van der Waals surface area contributed by atoms with Crippen LogP contribution in [0, 0.1) is 11.8 Å². The number of rotatable bonds is 8. The standard InChI is InChI=1S/C18H26O5/c1-6-22-17(19)16(18(20)23-7-2)13(4)12(3)14-8-10-15(21-5)11-9-14/h8-13,16H,6-7H2,1-5H3/t12-,13-/m0/s1. The molecule has 0 amide bonds. The zero-order chi connectivity index (χ0) is 17.4. The van der Waals surface area contributed by atoms with E-state index in [4.69, 9.17) is 14.2 Å². The maximum absolute atomic E-state index is 12.2. The van der Waals surface area contributed by atoms with Crippen LogP contribution < -0.4 is 4.74 Å². The molecule has 5 nitrogen and oxygen atoms in total. The van der Waals surface area contributed by atoms with E-state index in [1.807, 2.05) is 38.1 Å². The summed E-state index contributed by atoms with van der Waals surface area (Å²) in [6.45, 7) is 7.76. The zero-order valence-corrected chi connectivity index (χ0v) is 14.5. The molecule has 0 radical (unpaired) electrons. The Morgan fingerprint density at radius 3 is 1.83 bits per heavy atom. The molecule has 128 valence electrons. The molecule has 0 unspecified atom stereocenters. The third-order valence-electron chi connectivity index (χ3n) is 4.04. The number of esters is 2. The number of hydrogen-bond acceptors (Lipinski definition) is 5. The molecular formula is C18H26O5. The fourth-order valence-corrected chi connectivity index (χ4v) is 2.49. The summed E-state index contributed by atoms with van der Waals surface area (Å²) in [6, 6.07) is 7.60. The first kappa shape index (κ1) is 19.0. The van der Waals surface area contributed by atoms with Gasteiger partial charge in [-0.15, -0.1) is 0 Å². The van der Waals surface area contributed by atoms with Crippen molar-refractivity contribution in [1.29, 1.82) is 0 Å². The van der Waals surface area contributed by atoms with Gasteiger partial charge < -0.3 is 14.2 Å². The van der Waals surface area contributed by atoms with Crippen molar-refractivity contribution in [1.82, 2.24) is 0 Å². The summed E-state index contributed by atoms with van der Waals surface area (Å²) in [5.41, 5.74) is 1.02. The maximum atomic E-state index is 12.2. The predicted octanol–water partition coefficient (Wildman–Crippen LogP) is 3.18. The van der Waals surface area contributed by atoms with Gasteiger partial charge >= 0.3 is 11.9 Å². The Bertz CT molecular complexity index is 491. The summed E-state index contributed by atoms with van der Waals surface area (Å²) in [5.74, 6) is -1.48. The Hall–Kier alpha value is -2.04. The smallest absolute Gasteiger partial charge is 0.320 e.